The highest BCUT2D eigenvalue weighted by atomic mass is 35.5. The van der Waals surface area contributed by atoms with Gasteiger partial charge in [-0.3, -0.25) is 0 Å². The van der Waals surface area contributed by atoms with Gasteiger partial charge < -0.3 is 10.1 Å². The van der Waals surface area contributed by atoms with Crippen molar-refractivity contribution in [1.29, 1.82) is 0 Å². The summed E-state index contributed by atoms with van der Waals surface area (Å²) in [6.07, 6.45) is 3.61. The number of para-hydroxylation sites is 1. The fourth-order valence-electron chi connectivity index (χ4n) is 2.30. The molecular weight excluding hydrogens is 259 g/mol. The monoisotopic (exact) mass is 270 g/mol. The van der Waals surface area contributed by atoms with Crippen LogP contribution in [0.15, 0.2) is 23.2 Å². The summed E-state index contributed by atoms with van der Waals surface area (Å²) in [6, 6.07) is 6.22. The molecule has 17 heavy (non-hydrogen) atoms. The van der Waals surface area contributed by atoms with Gasteiger partial charge in [0.2, 0.25) is 0 Å². The molecule has 0 bridgehead atoms. The molecule has 1 saturated carbocycles. The van der Waals surface area contributed by atoms with Crippen LogP contribution in [0.25, 0.3) is 0 Å². The van der Waals surface area contributed by atoms with E-state index in [0.29, 0.717) is 27.8 Å². The maximum atomic E-state index is 6.07. The van der Waals surface area contributed by atoms with E-state index in [9.17, 15) is 0 Å². The molecule has 2 atom stereocenters. The lowest BCUT2D eigenvalue weighted by Crippen LogP contribution is -2.18. The highest BCUT2D eigenvalue weighted by Gasteiger charge is 2.35. The number of halogens is 2. The minimum absolute atomic E-state index is 0.235. The van der Waals surface area contributed by atoms with Gasteiger partial charge in [-0.15, -0.1) is 0 Å². The van der Waals surface area contributed by atoms with Gasteiger partial charge in [-0.2, -0.15) is 0 Å². The smallest absolute Gasteiger partial charge is 0.290 e. The second-order valence-electron chi connectivity index (χ2n) is 4.31. The molecule has 5 heteroatoms. The first kappa shape index (κ1) is 11.2. The number of ether oxygens (including phenoxy) is 1. The maximum absolute atomic E-state index is 6.07. The Morgan fingerprint density at radius 1 is 1.24 bits per heavy atom. The van der Waals surface area contributed by atoms with Crippen LogP contribution in [-0.4, -0.2) is 18.2 Å². The fraction of sp³-hybridized carbons (Fsp3) is 0.417. The molecule has 1 fully saturated rings. The van der Waals surface area contributed by atoms with Gasteiger partial charge >= 0.3 is 0 Å². The molecule has 0 spiro atoms. The van der Waals surface area contributed by atoms with Gasteiger partial charge in [-0.25, -0.2) is 4.99 Å². The van der Waals surface area contributed by atoms with E-state index in [0.717, 1.165) is 12.8 Å². The van der Waals surface area contributed by atoms with Crippen molar-refractivity contribution in [2.75, 3.05) is 5.32 Å². The average molecular weight is 271 g/mol. The molecule has 0 amide bonds. The molecule has 1 aliphatic heterocycles. The Labute approximate surface area is 110 Å². The van der Waals surface area contributed by atoms with Crippen LogP contribution in [0.5, 0.6) is 0 Å². The SMILES string of the molecule is Clc1cccc(Cl)c1NC1=N[C@H]2CCC[C@@H]2O1. The largest absolute Gasteiger partial charge is 0.459 e. The molecule has 1 aromatic rings. The number of fused-ring (bicyclic) bond motifs is 1. The fourth-order valence-corrected chi connectivity index (χ4v) is 2.79. The Morgan fingerprint density at radius 2 is 2.00 bits per heavy atom. The second kappa shape index (κ2) is 4.39. The number of rotatable bonds is 1. The summed E-state index contributed by atoms with van der Waals surface area (Å²) in [5, 5.41) is 4.21. The molecule has 0 aromatic heterocycles. The summed E-state index contributed by atoms with van der Waals surface area (Å²) in [4.78, 5) is 4.49. The van der Waals surface area contributed by atoms with Crippen LogP contribution in [0, 0.1) is 0 Å². The Balaban J connectivity index is 1.80. The first-order valence-corrected chi connectivity index (χ1v) is 6.45. The summed E-state index contributed by atoms with van der Waals surface area (Å²) >= 11 is 12.1. The van der Waals surface area contributed by atoms with Gasteiger partial charge in [0, 0.05) is 0 Å². The Morgan fingerprint density at radius 3 is 2.71 bits per heavy atom. The van der Waals surface area contributed by atoms with Crippen molar-refractivity contribution in [3.05, 3.63) is 28.2 Å². The third-order valence-electron chi connectivity index (χ3n) is 3.16. The van der Waals surface area contributed by atoms with Crippen LogP contribution in [0.3, 0.4) is 0 Å². The van der Waals surface area contributed by atoms with E-state index in [2.05, 4.69) is 10.3 Å². The topological polar surface area (TPSA) is 33.6 Å². The van der Waals surface area contributed by atoms with Crippen LogP contribution < -0.4 is 5.32 Å². The molecule has 90 valence electrons. The van der Waals surface area contributed by atoms with E-state index < -0.39 is 0 Å². The van der Waals surface area contributed by atoms with Crippen LogP contribution in [0.2, 0.25) is 10.0 Å². The lowest BCUT2D eigenvalue weighted by Gasteiger charge is -2.11. The molecule has 0 radical (unpaired) electrons. The highest BCUT2D eigenvalue weighted by Crippen LogP contribution is 2.33. The molecule has 3 nitrogen and oxygen atoms in total. The number of aliphatic imine (C=N–C) groups is 1. The van der Waals surface area contributed by atoms with E-state index in [4.69, 9.17) is 27.9 Å². The average Bonchev–Trinajstić information content (AvgIpc) is 2.83. The number of benzene rings is 1. The van der Waals surface area contributed by atoms with Crippen molar-refractivity contribution in [2.24, 2.45) is 4.99 Å². The zero-order valence-electron chi connectivity index (χ0n) is 9.12. The lowest BCUT2D eigenvalue weighted by molar-refractivity contribution is 0.210. The number of amidine groups is 1. The zero-order valence-corrected chi connectivity index (χ0v) is 10.6. The van der Waals surface area contributed by atoms with Crippen LogP contribution in [0.1, 0.15) is 19.3 Å². The van der Waals surface area contributed by atoms with Gasteiger partial charge in [0.25, 0.3) is 6.02 Å². The first-order chi connectivity index (χ1) is 8.24. The number of hydrogen-bond donors (Lipinski definition) is 1. The van der Waals surface area contributed by atoms with Crippen LogP contribution in [-0.2, 0) is 4.74 Å². The molecule has 0 unspecified atom stereocenters. The van der Waals surface area contributed by atoms with Crippen LogP contribution in [0.4, 0.5) is 5.69 Å². The molecular formula is C12H12Cl2N2O. The van der Waals surface area contributed by atoms with E-state index in [1.54, 1.807) is 12.1 Å². The molecule has 1 heterocycles. The van der Waals surface area contributed by atoms with Crippen LogP contribution >= 0.6 is 23.2 Å². The summed E-state index contributed by atoms with van der Waals surface area (Å²) in [5.74, 6) is 0. The van der Waals surface area contributed by atoms with E-state index in [1.807, 2.05) is 6.07 Å². The zero-order chi connectivity index (χ0) is 11.8. The normalized spacial score (nSPS) is 26.4. The molecule has 1 aromatic carbocycles. The van der Waals surface area contributed by atoms with Crippen molar-refractivity contribution in [3.63, 3.8) is 0 Å². The summed E-state index contributed by atoms with van der Waals surface area (Å²) < 4.78 is 5.72. The number of hydrogen-bond acceptors (Lipinski definition) is 3. The quantitative estimate of drug-likeness (QED) is 0.844. The number of anilines is 1. The van der Waals surface area contributed by atoms with E-state index in [1.165, 1.54) is 6.42 Å². The standard InChI is InChI=1S/C12H12Cl2N2O/c13-7-3-1-4-8(14)11(7)16-12-15-9-5-2-6-10(9)17-12/h1,3-4,9-10H,2,5-6H2,(H,15,16)/t9-,10-/m0/s1. The summed E-state index contributed by atoms with van der Waals surface area (Å²) in [7, 11) is 0. The molecule has 1 aliphatic carbocycles. The van der Waals surface area contributed by atoms with Gasteiger partial charge in [0.1, 0.15) is 6.10 Å². The van der Waals surface area contributed by atoms with Crippen molar-refractivity contribution in [1.82, 2.24) is 0 Å². The molecule has 3 rings (SSSR count). The number of nitrogens with zero attached hydrogens (tertiary/aromatic N) is 1. The van der Waals surface area contributed by atoms with Crippen molar-refractivity contribution >= 4 is 34.9 Å². The minimum Gasteiger partial charge on any atom is -0.459 e. The minimum atomic E-state index is 0.235. The van der Waals surface area contributed by atoms with Gasteiger partial charge in [0.05, 0.1) is 21.8 Å². The Kier molecular flexibility index (Phi) is 2.89. The lowest BCUT2D eigenvalue weighted by atomic mass is 10.2. The predicted octanol–water partition coefficient (Wildman–Crippen LogP) is 3.71. The van der Waals surface area contributed by atoms with Gasteiger partial charge in [-0.1, -0.05) is 29.3 Å². The Hall–Kier alpha value is -0.930. The molecule has 1 N–H and O–H groups in total. The Bertz CT molecular complexity index is 455. The van der Waals surface area contributed by atoms with E-state index >= 15 is 0 Å². The van der Waals surface area contributed by atoms with Gasteiger partial charge in [0.15, 0.2) is 0 Å². The van der Waals surface area contributed by atoms with Gasteiger partial charge in [-0.05, 0) is 31.4 Å². The third kappa shape index (κ3) is 2.09. The summed E-state index contributed by atoms with van der Waals surface area (Å²) in [6.45, 7) is 0. The molecule has 2 aliphatic rings. The predicted molar refractivity (Wildman–Crippen MR) is 70.0 cm³/mol. The highest BCUT2D eigenvalue weighted by molar-refractivity contribution is 6.39. The van der Waals surface area contributed by atoms with E-state index in [-0.39, 0.29) is 6.10 Å². The molecule has 0 saturated heterocycles. The number of nitrogens with one attached hydrogen (secondary N) is 1. The third-order valence-corrected chi connectivity index (χ3v) is 3.79. The van der Waals surface area contributed by atoms with Crippen molar-refractivity contribution in [3.8, 4) is 0 Å². The maximum Gasteiger partial charge on any atom is 0.290 e. The first-order valence-electron chi connectivity index (χ1n) is 5.69. The summed E-state index contributed by atoms with van der Waals surface area (Å²) in [5.41, 5.74) is 0.662. The van der Waals surface area contributed by atoms with Crippen molar-refractivity contribution < 1.29 is 4.74 Å². The van der Waals surface area contributed by atoms with Crippen molar-refractivity contribution in [2.45, 2.75) is 31.4 Å². The second-order valence-corrected chi connectivity index (χ2v) is 5.12.